The van der Waals surface area contributed by atoms with E-state index in [0.29, 0.717) is 0 Å². The lowest BCUT2D eigenvalue weighted by Crippen LogP contribution is -2.70. The maximum Gasteiger partial charge on any atom is 0.390 e. The van der Waals surface area contributed by atoms with Crippen LogP contribution in [0.1, 0.15) is 39.5 Å². The molecule has 1 heterocycles. The summed E-state index contributed by atoms with van der Waals surface area (Å²) in [5.41, 5.74) is -6.99. The van der Waals surface area contributed by atoms with Crippen LogP contribution in [-0.4, -0.2) is 76.3 Å². The first-order valence-corrected chi connectivity index (χ1v) is 12.3. The van der Waals surface area contributed by atoms with Crippen molar-refractivity contribution in [2.75, 3.05) is 19.7 Å². The number of Topliss-reactive ketones (excluding diaryl/α,β-unsaturated/α-hetero) is 1. The van der Waals surface area contributed by atoms with Gasteiger partial charge >= 0.3 is 6.18 Å². The number of halogens is 5. The Morgan fingerprint density at radius 2 is 1.94 bits per heavy atom. The minimum absolute atomic E-state index is 0.0229. The van der Waals surface area contributed by atoms with Gasteiger partial charge in [-0.15, -0.1) is 0 Å². The van der Waals surface area contributed by atoms with Gasteiger partial charge in [0, 0.05) is 35.8 Å². The van der Waals surface area contributed by atoms with Gasteiger partial charge in [0.05, 0.1) is 12.5 Å². The number of aliphatic hydroxyl groups excluding tert-OH is 2. The van der Waals surface area contributed by atoms with Gasteiger partial charge in [-0.1, -0.05) is 13.0 Å². The summed E-state index contributed by atoms with van der Waals surface area (Å²) < 4.78 is 71.3. The van der Waals surface area contributed by atoms with Crippen molar-refractivity contribution in [3.63, 3.8) is 0 Å². The van der Waals surface area contributed by atoms with E-state index in [0.717, 1.165) is 11.1 Å². The van der Waals surface area contributed by atoms with Crippen LogP contribution in [0.3, 0.4) is 0 Å². The summed E-state index contributed by atoms with van der Waals surface area (Å²) in [5.74, 6) is -3.58. The van der Waals surface area contributed by atoms with Crippen molar-refractivity contribution in [3.8, 4) is 0 Å². The predicted molar refractivity (Wildman–Crippen MR) is 116 cm³/mol. The molecule has 6 nitrogen and oxygen atoms in total. The average Bonchev–Trinajstić information content (AvgIpc) is 3.28. The van der Waals surface area contributed by atoms with E-state index in [4.69, 9.17) is 4.84 Å². The third kappa shape index (κ3) is 3.15. The van der Waals surface area contributed by atoms with Crippen molar-refractivity contribution in [1.29, 1.82) is 0 Å². The molecule has 9 atom stereocenters. The van der Waals surface area contributed by atoms with Crippen molar-refractivity contribution >= 4 is 11.6 Å². The van der Waals surface area contributed by atoms with Gasteiger partial charge in [-0.25, -0.2) is 8.78 Å². The van der Waals surface area contributed by atoms with E-state index in [1.54, 1.807) is 6.92 Å². The molecular weight excluding hydrogens is 489 g/mol. The Bertz CT molecular complexity index is 1050. The predicted octanol–water partition coefficient (Wildman–Crippen LogP) is 3.03. The number of alkyl halides is 5. The maximum absolute atomic E-state index is 17.2. The van der Waals surface area contributed by atoms with Gasteiger partial charge in [-0.3, -0.25) is 14.4 Å². The highest BCUT2D eigenvalue weighted by Gasteiger charge is 2.79. The van der Waals surface area contributed by atoms with Crippen LogP contribution in [-0.2, 0) is 14.4 Å². The fourth-order valence-electron chi connectivity index (χ4n) is 8.33. The number of aliphatic hydroxyl groups is 2. The number of ketones is 2. The molecule has 4 aliphatic carbocycles. The standard InChI is InChI=1S/C25H30F5NO5/c1-21-4-3-14(33)8-17(21)18(26)9-16-15-7-13-11-31(6-5-23(27,28)29)36-25(13,20(35)12-32)22(15,2)10-19(34)24(16,21)30/h3-4,8,13,15-16,18-19,32,34H,5-7,9-12H2,1-2H3/t13-,15-,16-,18-,19-,21-,22-,24-,25-/m0/s1. The van der Waals surface area contributed by atoms with Crippen LogP contribution in [0.2, 0.25) is 0 Å². The molecule has 5 aliphatic rings. The molecule has 11 heteroatoms. The monoisotopic (exact) mass is 519 g/mol. The van der Waals surface area contributed by atoms with E-state index in [1.165, 1.54) is 19.1 Å². The van der Waals surface area contributed by atoms with Crippen molar-refractivity contribution < 1.29 is 46.6 Å². The molecule has 0 unspecified atom stereocenters. The van der Waals surface area contributed by atoms with E-state index in [2.05, 4.69) is 0 Å². The molecule has 0 radical (unpaired) electrons. The van der Waals surface area contributed by atoms with Crippen LogP contribution in [0.5, 0.6) is 0 Å². The van der Waals surface area contributed by atoms with E-state index in [1.807, 2.05) is 0 Å². The van der Waals surface area contributed by atoms with Crippen molar-refractivity contribution in [2.24, 2.45) is 28.6 Å². The summed E-state index contributed by atoms with van der Waals surface area (Å²) >= 11 is 0. The normalized spacial score (nSPS) is 48.2. The number of hydroxylamine groups is 2. The minimum Gasteiger partial charge on any atom is -0.390 e. The molecular formula is C25H30F5NO5. The van der Waals surface area contributed by atoms with Crippen molar-refractivity contribution in [1.82, 2.24) is 5.06 Å². The Morgan fingerprint density at radius 3 is 2.58 bits per heavy atom. The van der Waals surface area contributed by atoms with Crippen LogP contribution < -0.4 is 0 Å². The molecule has 0 aromatic rings. The number of carbonyl (C=O) groups is 2. The minimum atomic E-state index is -4.44. The lowest BCUT2D eigenvalue weighted by atomic mass is 9.44. The largest absolute Gasteiger partial charge is 0.390 e. The van der Waals surface area contributed by atoms with E-state index in [9.17, 15) is 33.0 Å². The third-order valence-electron chi connectivity index (χ3n) is 9.88. The Kier molecular flexibility index (Phi) is 5.70. The van der Waals surface area contributed by atoms with Crippen LogP contribution in [0.25, 0.3) is 0 Å². The average molecular weight is 520 g/mol. The summed E-state index contributed by atoms with van der Waals surface area (Å²) in [7, 11) is 0. The molecule has 1 saturated heterocycles. The third-order valence-corrected chi connectivity index (χ3v) is 9.88. The van der Waals surface area contributed by atoms with Gasteiger partial charge in [-0.05, 0) is 49.8 Å². The van der Waals surface area contributed by atoms with E-state index >= 15 is 8.78 Å². The molecule has 4 fully saturated rings. The van der Waals surface area contributed by atoms with Gasteiger partial charge in [0.15, 0.2) is 22.8 Å². The van der Waals surface area contributed by atoms with Crippen molar-refractivity contribution in [2.45, 2.75) is 69.3 Å². The number of allylic oxidation sites excluding steroid dienone is 4. The van der Waals surface area contributed by atoms with Gasteiger partial charge in [-0.2, -0.15) is 18.2 Å². The Labute approximate surface area is 205 Å². The second-order valence-electron chi connectivity index (χ2n) is 11.5. The highest BCUT2D eigenvalue weighted by molar-refractivity contribution is 6.01. The summed E-state index contributed by atoms with van der Waals surface area (Å²) in [4.78, 5) is 31.1. The SMILES string of the molecule is C[C@]12C=CC(=O)C=C1[C@@H](F)C[C@H]1[C@@H]3C[C@H]4CN(CCC(F)(F)F)O[C@@]4(C(=O)CO)[C@@]3(C)C[C@H](O)[C@@]12F. The topological polar surface area (TPSA) is 87.1 Å². The van der Waals surface area contributed by atoms with Crippen LogP contribution in [0.4, 0.5) is 22.0 Å². The summed E-state index contributed by atoms with van der Waals surface area (Å²) in [6, 6.07) is 0. The van der Waals surface area contributed by atoms with Crippen LogP contribution in [0, 0.1) is 28.6 Å². The molecule has 5 rings (SSSR count). The van der Waals surface area contributed by atoms with Crippen LogP contribution in [0.15, 0.2) is 23.8 Å². The summed E-state index contributed by atoms with van der Waals surface area (Å²) in [5, 5.41) is 22.3. The Balaban J connectivity index is 1.55. The van der Waals surface area contributed by atoms with Gasteiger partial charge in [0.2, 0.25) is 0 Å². The van der Waals surface area contributed by atoms with Crippen molar-refractivity contribution in [3.05, 3.63) is 23.8 Å². The zero-order valence-electron chi connectivity index (χ0n) is 20.0. The highest BCUT2D eigenvalue weighted by atomic mass is 19.4. The zero-order chi connectivity index (χ0) is 26.5. The zero-order valence-corrected chi connectivity index (χ0v) is 20.0. The number of carbonyl (C=O) groups excluding carboxylic acids is 2. The molecule has 0 amide bonds. The van der Waals surface area contributed by atoms with Gasteiger partial charge in [0.25, 0.3) is 0 Å². The molecule has 36 heavy (non-hydrogen) atoms. The molecule has 200 valence electrons. The first-order valence-electron chi connectivity index (χ1n) is 12.3. The number of rotatable bonds is 4. The highest BCUT2D eigenvalue weighted by Crippen LogP contribution is 2.72. The molecule has 1 aliphatic heterocycles. The molecule has 3 saturated carbocycles. The Hall–Kier alpha value is -1.69. The maximum atomic E-state index is 17.2. The number of nitrogens with zero attached hydrogens (tertiary/aromatic N) is 1. The molecule has 2 N–H and O–H groups in total. The van der Waals surface area contributed by atoms with Gasteiger partial charge < -0.3 is 10.2 Å². The second kappa shape index (κ2) is 7.91. The summed E-state index contributed by atoms with van der Waals surface area (Å²) in [6.45, 7) is 1.60. The first-order chi connectivity index (χ1) is 16.6. The van der Waals surface area contributed by atoms with E-state index in [-0.39, 0.29) is 31.4 Å². The summed E-state index contributed by atoms with van der Waals surface area (Å²) in [6.07, 6.45) is -5.79. The molecule has 0 bridgehead atoms. The van der Waals surface area contributed by atoms with E-state index < -0.39 is 89.4 Å². The molecule has 0 aromatic carbocycles. The smallest absolute Gasteiger partial charge is 0.390 e. The number of hydrogen-bond acceptors (Lipinski definition) is 6. The second-order valence-corrected chi connectivity index (χ2v) is 11.5. The first kappa shape index (κ1) is 25.9. The molecule has 0 spiro atoms. The van der Waals surface area contributed by atoms with Gasteiger partial charge in [0.1, 0.15) is 12.8 Å². The lowest BCUT2D eigenvalue weighted by molar-refractivity contribution is -0.271. The Morgan fingerprint density at radius 1 is 1.25 bits per heavy atom. The quantitative estimate of drug-likeness (QED) is 0.556. The van der Waals surface area contributed by atoms with Crippen LogP contribution >= 0.6 is 0 Å². The fourth-order valence-corrected chi connectivity index (χ4v) is 8.33. The molecule has 0 aromatic heterocycles. The number of fused-ring (bicyclic) bond motifs is 7. The lowest BCUT2D eigenvalue weighted by Gasteiger charge is -2.63. The fraction of sp³-hybridized carbons (Fsp3) is 0.760. The number of hydrogen-bond donors (Lipinski definition) is 2.